The molecular weight excluding hydrogens is 455 g/mol. The van der Waals surface area contributed by atoms with E-state index >= 15 is 0 Å². The van der Waals surface area contributed by atoms with Crippen LogP contribution in [0.2, 0.25) is 0 Å². The van der Waals surface area contributed by atoms with Gasteiger partial charge in [-0.2, -0.15) is 13.2 Å². The lowest BCUT2D eigenvalue weighted by Gasteiger charge is -2.32. The zero-order valence-electron chi connectivity index (χ0n) is 15.9. The van der Waals surface area contributed by atoms with E-state index in [1.165, 1.54) is 31.4 Å². The van der Waals surface area contributed by atoms with Crippen molar-refractivity contribution in [1.29, 1.82) is 0 Å². The summed E-state index contributed by atoms with van der Waals surface area (Å²) >= 11 is 0. The van der Waals surface area contributed by atoms with Crippen molar-refractivity contribution in [2.24, 2.45) is 0 Å². The van der Waals surface area contributed by atoms with Crippen LogP contribution in [0.5, 0.6) is 0 Å². The van der Waals surface area contributed by atoms with E-state index in [0.29, 0.717) is 37.7 Å². The first-order chi connectivity index (χ1) is 13.9. The average molecular weight is 477 g/mol. The molecule has 1 heterocycles. The second-order valence-electron chi connectivity index (χ2n) is 5.55. The lowest BCUT2D eigenvalue weighted by atomic mass is 10.3. The van der Waals surface area contributed by atoms with Gasteiger partial charge in [0.1, 0.15) is 6.54 Å². The third kappa shape index (κ3) is 11.7. The summed E-state index contributed by atoms with van der Waals surface area (Å²) in [6, 6.07) is 0. The highest BCUT2D eigenvalue weighted by Gasteiger charge is 2.38. The highest BCUT2D eigenvalue weighted by Crippen LogP contribution is 2.20. The second-order valence-corrected chi connectivity index (χ2v) is 8.25. The monoisotopic (exact) mass is 477 g/mol. The van der Waals surface area contributed by atoms with Gasteiger partial charge >= 0.3 is 29.9 Å². The SMILES string of the molecule is CCN1CCN(CC(=O)NCCSSCCC(=O)O)C(=O)C1=O.O=C(O)C(F)(F)F. The summed E-state index contributed by atoms with van der Waals surface area (Å²) in [5.74, 6) is -3.91. The Morgan fingerprint density at radius 1 is 1.03 bits per heavy atom. The van der Waals surface area contributed by atoms with Crippen LogP contribution in [0.3, 0.4) is 0 Å². The molecule has 0 aliphatic carbocycles. The van der Waals surface area contributed by atoms with Gasteiger partial charge in [0, 0.05) is 37.7 Å². The first-order valence-electron chi connectivity index (χ1n) is 8.51. The number of likely N-dealkylation sites (N-methyl/N-ethyl adjacent to an activating group) is 1. The molecule has 0 aromatic heterocycles. The van der Waals surface area contributed by atoms with Crippen LogP contribution < -0.4 is 5.32 Å². The Labute approximate surface area is 177 Å². The molecule has 0 aromatic carbocycles. The Bertz CT molecular complexity index is 635. The first kappa shape index (κ1) is 27.8. The molecule has 1 saturated heterocycles. The van der Waals surface area contributed by atoms with E-state index in [2.05, 4.69) is 5.32 Å². The number of carbonyl (C=O) groups is 5. The predicted octanol–water partition coefficient (Wildman–Crippen LogP) is 0.283. The normalized spacial score (nSPS) is 14.1. The molecule has 1 aliphatic rings. The summed E-state index contributed by atoms with van der Waals surface area (Å²) in [5, 5.41) is 18.3. The number of alkyl halides is 3. The molecule has 0 spiro atoms. The summed E-state index contributed by atoms with van der Waals surface area (Å²) in [4.78, 5) is 57.2. The van der Waals surface area contributed by atoms with Crippen LogP contribution in [0.1, 0.15) is 13.3 Å². The summed E-state index contributed by atoms with van der Waals surface area (Å²) in [6.07, 6.45) is -4.97. The van der Waals surface area contributed by atoms with Crippen molar-refractivity contribution < 1.29 is 47.4 Å². The van der Waals surface area contributed by atoms with Crippen LogP contribution in [0.4, 0.5) is 13.2 Å². The van der Waals surface area contributed by atoms with Crippen molar-refractivity contribution in [2.75, 3.05) is 44.2 Å². The minimum atomic E-state index is -5.08. The fourth-order valence-electron chi connectivity index (χ4n) is 1.88. The van der Waals surface area contributed by atoms with Crippen molar-refractivity contribution >= 4 is 51.2 Å². The zero-order valence-corrected chi connectivity index (χ0v) is 17.6. The van der Waals surface area contributed by atoms with E-state index in [1.807, 2.05) is 0 Å². The summed E-state index contributed by atoms with van der Waals surface area (Å²) in [6.45, 7) is 3.43. The first-order valence-corrected chi connectivity index (χ1v) is 11.0. The quantitative estimate of drug-likeness (QED) is 0.230. The van der Waals surface area contributed by atoms with Gasteiger partial charge in [-0.05, 0) is 6.92 Å². The highest BCUT2D eigenvalue weighted by atomic mass is 33.1. The van der Waals surface area contributed by atoms with Crippen molar-refractivity contribution in [3.05, 3.63) is 0 Å². The maximum absolute atomic E-state index is 11.8. The molecule has 0 atom stereocenters. The number of piperazine rings is 1. The Morgan fingerprint density at radius 2 is 1.53 bits per heavy atom. The van der Waals surface area contributed by atoms with Crippen molar-refractivity contribution in [1.82, 2.24) is 15.1 Å². The van der Waals surface area contributed by atoms with E-state index in [1.54, 1.807) is 6.92 Å². The molecule has 3 amide bonds. The maximum Gasteiger partial charge on any atom is 0.490 e. The van der Waals surface area contributed by atoms with E-state index in [0.717, 1.165) is 0 Å². The predicted molar refractivity (Wildman–Crippen MR) is 103 cm³/mol. The van der Waals surface area contributed by atoms with E-state index in [4.69, 9.17) is 15.0 Å². The van der Waals surface area contributed by atoms with Gasteiger partial charge in [-0.1, -0.05) is 21.6 Å². The molecule has 0 bridgehead atoms. The number of halogens is 3. The Hall–Kier alpha value is -2.16. The molecule has 0 saturated carbocycles. The fourth-order valence-corrected chi connectivity index (χ4v) is 3.76. The second kappa shape index (κ2) is 14.0. The van der Waals surface area contributed by atoms with E-state index < -0.39 is 29.9 Å². The molecule has 15 heteroatoms. The lowest BCUT2D eigenvalue weighted by Crippen LogP contribution is -2.56. The Balaban J connectivity index is 0.00000103. The van der Waals surface area contributed by atoms with Gasteiger partial charge in [0.15, 0.2) is 0 Å². The third-order valence-corrected chi connectivity index (χ3v) is 5.75. The molecule has 0 unspecified atom stereocenters. The number of carboxylic acid groups (broad SMARTS) is 2. The maximum atomic E-state index is 11.8. The smallest absolute Gasteiger partial charge is 0.481 e. The van der Waals surface area contributed by atoms with Crippen molar-refractivity contribution in [2.45, 2.75) is 19.5 Å². The van der Waals surface area contributed by atoms with Gasteiger partial charge in [-0.25, -0.2) is 4.79 Å². The number of carboxylic acids is 2. The van der Waals surface area contributed by atoms with E-state index in [-0.39, 0.29) is 18.9 Å². The van der Waals surface area contributed by atoms with E-state index in [9.17, 15) is 32.3 Å². The van der Waals surface area contributed by atoms with Crippen LogP contribution in [-0.2, 0) is 24.0 Å². The van der Waals surface area contributed by atoms with Crippen molar-refractivity contribution in [3.63, 3.8) is 0 Å². The van der Waals surface area contributed by atoms with Crippen LogP contribution in [0, 0.1) is 0 Å². The van der Waals surface area contributed by atoms with Crippen LogP contribution in [-0.4, -0.2) is 100 Å². The Morgan fingerprint density at radius 3 is 2.03 bits per heavy atom. The number of nitrogens with zero attached hydrogens (tertiary/aromatic N) is 2. The summed E-state index contributed by atoms with van der Waals surface area (Å²) in [7, 11) is 2.93. The average Bonchev–Trinajstić information content (AvgIpc) is 2.64. The topological polar surface area (TPSA) is 144 Å². The van der Waals surface area contributed by atoms with Gasteiger partial charge in [0.05, 0.1) is 6.42 Å². The van der Waals surface area contributed by atoms with Gasteiger partial charge in [0.2, 0.25) is 5.91 Å². The molecule has 1 rings (SSSR count). The minimum Gasteiger partial charge on any atom is -0.481 e. The number of amides is 3. The standard InChI is InChI=1S/C13H21N3O5S2.C2HF3O2/c1-2-15-5-6-16(13(21)12(15)20)9-10(17)14-4-8-23-22-7-3-11(18)19;3-2(4,5)1(6)7/h2-9H2,1H3,(H,14,17)(H,18,19);(H,6,7). The molecule has 1 fully saturated rings. The van der Waals surface area contributed by atoms with Crippen LogP contribution >= 0.6 is 21.6 Å². The zero-order chi connectivity index (χ0) is 23.3. The largest absolute Gasteiger partial charge is 0.490 e. The number of hydrogen-bond donors (Lipinski definition) is 3. The summed E-state index contributed by atoms with van der Waals surface area (Å²) in [5.41, 5.74) is 0. The Kier molecular flexibility index (Phi) is 12.9. The molecule has 0 radical (unpaired) electrons. The molecule has 1 aliphatic heterocycles. The molecule has 3 N–H and O–H groups in total. The van der Waals surface area contributed by atoms with Crippen LogP contribution in [0.25, 0.3) is 0 Å². The molecular formula is C15H22F3N3O7S2. The van der Waals surface area contributed by atoms with Gasteiger partial charge in [-0.15, -0.1) is 0 Å². The van der Waals surface area contributed by atoms with Crippen molar-refractivity contribution in [3.8, 4) is 0 Å². The number of hydrogen-bond acceptors (Lipinski definition) is 7. The number of nitrogens with one attached hydrogen (secondary N) is 1. The number of rotatable bonds is 10. The highest BCUT2D eigenvalue weighted by molar-refractivity contribution is 8.76. The lowest BCUT2D eigenvalue weighted by molar-refractivity contribution is -0.192. The molecule has 30 heavy (non-hydrogen) atoms. The van der Waals surface area contributed by atoms with Gasteiger partial charge in [-0.3, -0.25) is 19.2 Å². The molecule has 172 valence electrons. The summed E-state index contributed by atoms with van der Waals surface area (Å²) < 4.78 is 31.7. The third-order valence-electron chi connectivity index (χ3n) is 3.35. The molecule has 0 aromatic rings. The number of aliphatic carboxylic acids is 2. The van der Waals surface area contributed by atoms with Gasteiger partial charge < -0.3 is 25.3 Å². The van der Waals surface area contributed by atoms with Gasteiger partial charge in [0.25, 0.3) is 0 Å². The molecule has 10 nitrogen and oxygen atoms in total. The number of carbonyl (C=O) groups excluding carboxylic acids is 3. The van der Waals surface area contributed by atoms with Crippen LogP contribution in [0.15, 0.2) is 0 Å². The fraction of sp³-hybridized carbons (Fsp3) is 0.667. The minimum absolute atomic E-state index is 0.112.